The van der Waals surface area contributed by atoms with Crippen LogP contribution in [0.1, 0.15) is 17.4 Å². The summed E-state index contributed by atoms with van der Waals surface area (Å²) in [5.74, 6) is 0. The minimum absolute atomic E-state index is 0.660. The lowest BCUT2D eigenvalue weighted by Crippen LogP contribution is -2.27. The highest BCUT2D eigenvalue weighted by Gasteiger charge is 1.98. The number of thiocarbonyl (C=S) groups is 1. The van der Waals surface area contributed by atoms with E-state index in [1.165, 1.54) is 10.4 Å². The van der Waals surface area contributed by atoms with Gasteiger partial charge in [0.1, 0.15) is 0 Å². The Bertz CT molecular complexity index is 489. The van der Waals surface area contributed by atoms with Crippen molar-refractivity contribution in [2.24, 2.45) is 0 Å². The molecule has 2 nitrogen and oxygen atoms in total. The van der Waals surface area contributed by atoms with E-state index in [1.807, 2.05) is 6.07 Å². The Labute approximate surface area is 117 Å². The van der Waals surface area contributed by atoms with Gasteiger partial charge in [0, 0.05) is 10.6 Å². The van der Waals surface area contributed by atoms with Crippen LogP contribution in [0.2, 0.25) is 0 Å². The van der Waals surface area contributed by atoms with Crippen molar-refractivity contribution in [1.29, 1.82) is 0 Å². The fraction of sp³-hybridized carbons (Fsp3) is 0.214. The van der Waals surface area contributed by atoms with Gasteiger partial charge in [-0.05, 0) is 47.8 Å². The summed E-state index contributed by atoms with van der Waals surface area (Å²) in [6.45, 7) is 2.92. The molecule has 0 aliphatic carbocycles. The SMILES string of the molecule is CCc1ccc(NC(=S)NCc2cccs2)cc1. The van der Waals surface area contributed by atoms with E-state index in [0.717, 1.165) is 18.7 Å². The third kappa shape index (κ3) is 3.82. The van der Waals surface area contributed by atoms with Crippen molar-refractivity contribution in [3.8, 4) is 0 Å². The van der Waals surface area contributed by atoms with Crippen LogP contribution in [-0.4, -0.2) is 5.11 Å². The normalized spacial score (nSPS) is 10.1. The highest BCUT2D eigenvalue weighted by Crippen LogP contribution is 2.10. The molecule has 94 valence electrons. The van der Waals surface area contributed by atoms with Gasteiger partial charge in [0.25, 0.3) is 0 Å². The van der Waals surface area contributed by atoms with Crippen LogP contribution in [0.25, 0.3) is 0 Å². The summed E-state index contributed by atoms with van der Waals surface area (Å²) in [6.07, 6.45) is 1.06. The van der Waals surface area contributed by atoms with Crippen molar-refractivity contribution < 1.29 is 0 Å². The third-order valence-electron chi connectivity index (χ3n) is 2.62. The molecule has 0 spiro atoms. The lowest BCUT2D eigenvalue weighted by atomic mass is 10.1. The van der Waals surface area contributed by atoms with Crippen molar-refractivity contribution in [2.45, 2.75) is 19.9 Å². The molecule has 18 heavy (non-hydrogen) atoms. The van der Waals surface area contributed by atoms with Gasteiger partial charge >= 0.3 is 0 Å². The Balaban J connectivity index is 1.83. The first-order valence-corrected chi connectivity index (χ1v) is 7.23. The molecule has 1 aromatic carbocycles. The fourth-order valence-electron chi connectivity index (χ4n) is 1.58. The fourth-order valence-corrected chi connectivity index (χ4v) is 2.41. The summed E-state index contributed by atoms with van der Waals surface area (Å²) in [5, 5.41) is 9.10. The molecule has 0 saturated heterocycles. The molecule has 2 rings (SSSR count). The van der Waals surface area contributed by atoms with Gasteiger partial charge in [-0.2, -0.15) is 0 Å². The molecule has 4 heteroatoms. The van der Waals surface area contributed by atoms with Crippen molar-refractivity contribution in [1.82, 2.24) is 5.32 Å². The Hall–Kier alpha value is -1.39. The van der Waals surface area contributed by atoms with Crippen molar-refractivity contribution in [3.63, 3.8) is 0 Å². The zero-order chi connectivity index (χ0) is 12.8. The summed E-state index contributed by atoms with van der Waals surface area (Å²) in [5.41, 5.74) is 2.36. The van der Waals surface area contributed by atoms with Gasteiger partial charge in [0.2, 0.25) is 0 Å². The van der Waals surface area contributed by atoms with Gasteiger partial charge in [-0.1, -0.05) is 25.1 Å². The van der Waals surface area contributed by atoms with E-state index in [-0.39, 0.29) is 0 Å². The number of hydrogen-bond acceptors (Lipinski definition) is 2. The summed E-state index contributed by atoms with van der Waals surface area (Å²) in [4.78, 5) is 1.28. The van der Waals surface area contributed by atoms with Crippen LogP contribution in [0.4, 0.5) is 5.69 Å². The van der Waals surface area contributed by atoms with Gasteiger partial charge in [0.15, 0.2) is 5.11 Å². The predicted molar refractivity (Wildman–Crippen MR) is 83.2 cm³/mol. The number of anilines is 1. The topological polar surface area (TPSA) is 24.1 Å². The molecule has 0 aliphatic heterocycles. The minimum Gasteiger partial charge on any atom is -0.358 e. The Kier molecular flexibility index (Phi) is 4.73. The van der Waals surface area contributed by atoms with Crippen LogP contribution in [0, 0.1) is 0 Å². The first-order valence-electron chi connectivity index (χ1n) is 5.94. The molecule has 2 aromatic rings. The van der Waals surface area contributed by atoms with Crippen LogP contribution in [-0.2, 0) is 13.0 Å². The van der Waals surface area contributed by atoms with Crippen LogP contribution in [0.15, 0.2) is 41.8 Å². The molecular weight excluding hydrogens is 260 g/mol. The first kappa shape index (κ1) is 13.1. The molecule has 1 aromatic heterocycles. The molecule has 0 amide bonds. The Morgan fingerprint density at radius 2 is 2.00 bits per heavy atom. The van der Waals surface area contributed by atoms with Gasteiger partial charge in [-0.15, -0.1) is 11.3 Å². The minimum atomic E-state index is 0.660. The van der Waals surface area contributed by atoms with E-state index >= 15 is 0 Å². The number of aryl methyl sites for hydroxylation is 1. The molecule has 0 aliphatic rings. The van der Waals surface area contributed by atoms with E-state index in [4.69, 9.17) is 12.2 Å². The van der Waals surface area contributed by atoms with Crippen LogP contribution < -0.4 is 10.6 Å². The second-order valence-electron chi connectivity index (χ2n) is 3.94. The first-order chi connectivity index (χ1) is 8.78. The van der Waals surface area contributed by atoms with E-state index in [9.17, 15) is 0 Å². The van der Waals surface area contributed by atoms with Gasteiger partial charge < -0.3 is 10.6 Å². The molecule has 0 bridgehead atoms. The molecule has 2 N–H and O–H groups in total. The van der Waals surface area contributed by atoms with E-state index in [0.29, 0.717) is 5.11 Å². The number of benzene rings is 1. The Morgan fingerprint density at radius 3 is 2.61 bits per heavy atom. The largest absolute Gasteiger partial charge is 0.358 e. The Morgan fingerprint density at radius 1 is 1.22 bits per heavy atom. The van der Waals surface area contributed by atoms with E-state index < -0.39 is 0 Å². The molecular formula is C14H16N2S2. The highest BCUT2D eigenvalue weighted by atomic mass is 32.1. The van der Waals surface area contributed by atoms with Crippen LogP contribution >= 0.6 is 23.6 Å². The molecule has 0 radical (unpaired) electrons. The monoisotopic (exact) mass is 276 g/mol. The second kappa shape index (κ2) is 6.52. The summed E-state index contributed by atoms with van der Waals surface area (Å²) >= 11 is 6.98. The maximum atomic E-state index is 5.25. The molecule has 0 saturated carbocycles. The standard InChI is InChI=1S/C14H16N2S2/c1-2-11-5-7-12(8-6-11)16-14(17)15-10-13-4-3-9-18-13/h3-9H,2,10H2,1H3,(H2,15,16,17). The zero-order valence-electron chi connectivity index (χ0n) is 10.3. The highest BCUT2D eigenvalue weighted by molar-refractivity contribution is 7.80. The number of hydrogen-bond donors (Lipinski definition) is 2. The maximum absolute atomic E-state index is 5.25. The smallest absolute Gasteiger partial charge is 0.171 e. The van der Waals surface area contributed by atoms with Gasteiger partial charge in [-0.3, -0.25) is 0 Å². The second-order valence-corrected chi connectivity index (χ2v) is 5.38. The molecule has 0 fully saturated rings. The lowest BCUT2D eigenvalue weighted by Gasteiger charge is -2.10. The summed E-state index contributed by atoms with van der Waals surface area (Å²) in [6, 6.07) is 12.5. The summed E-state index contributed by atoms with van der Waals surface area (Å²) in [7, 11) is 0. The average molecular weight is 276 g/mol. The van der Waals surface area contributed by atoms with Crippen molar-refractivity contribution >= 4 is 34.4 Å². The molecule has 1 heterocycles. The number of thiophene rings is 1. The van der Waals surface area contributed by atoms with Crippen LogP contribution in [0.3, 0.4) is 0 Å². The number of rotatable bonds is 4. The van der Waals surface area contributed by atoms with Crippen molar-refractivity contribution in [3.05, 3.63) is 52.2 Å². The van der Waals surface area contributed by atoms with Crippen LogP contribution in [0.5, 0.6) is 0 Å². The quantitative estimate of drug-likeness (QED) is 0.831. The van der Waals surface area contributed by atoms with E-state index in [2.05, 4.69) is 53.3 Å². The van der Waals surface area contributed by atoms with E-state index in [1.54, 1.807) is 11.3 Å². The summed E-state index contributed by atoms with van der Waals surface area (Å²) < 4.78 is 0. The lowest BCUT2D eigenvalue weighted by molar-refractivity contribution is 0.946. The zero-order valence-corrected chi connectivity index (χ0v) is 11.9. The van der Waals surface area contributed by atoms with Gasteiger partial charge in [-0.25, -0.2) is 0 Å². The maximum Gasteiger partial charge on any atom is 0.171 e. The average Bonchev–Trinajstić information content (AvgIpc) is 2.90. The molecule has 0 atom stereocenters. The van der Waals surface area contributed by atoms with Crippen molar-refractivity contribution in [2.75, 3.05) is 5.32 Å². The molecule has 0 unspecified atom stereocenters. The van der Waals surface area contributed by atoms with Gasteiger partial charge in [0.05, 0.1) is 6.54 Å². The number of nitrogens with one attached hydrogen (secondary N) is 2. The predicted octanol–water partition coefficient (Wildman–Crippen LogP) is 3.80. The third-order valence-corrected chi connectivity index (χ3v) is 3.75.